The van der Waals surface area contributed by atoms with Gasteiger partial charge in [0.1, 0.15) is 5.60 Å². The van der Waals surface area contributed by atoms with Gasteiger partial charge >= 0.3 is 6.09 Å². The van der Waals surface area contributed by atoms with E-state index in [1.807, 2.05) is 25.7 Å². The van der Waals surface area contributed by atoms with Crippen LogP contribution >= 0.6 is 0 Å². The molecule has 1 rings (SSSR count). The van der Waals surface area contributed by atoms with Gasteiger partial charge in [-0.05, 0) is 39.5 Å². The van der Waals surface area contributed by atoms with E-state index in [9.17, 15) is 4.79 Å². The fourth-order valence-electron chi connectivity index (χ4n) is 1.93. The molecule has 17 heavy (non-hydrogen) atoms. The maximum Gasteiger partial charge on any atom is 0.410 e. The smallest absolute Gasteiger partial charge is 0.410 e. The van der Waals surface area contributed by atoms with Gasteiger partial charge in [-0.25, -0.2) is 4.79 Å². The topological polar surface area (TPSA) is 55.6 Å². The van der Waals surface area contributed by atoms with Crippen LogP contribution in [-0.4, -0.2) is 35.2 Å². The molecule has 4 heteroatoms. The summed E-state index contributed by atoms with van der Waals surface area (Å²) in [5.74, 6) is 0.355. The fraction of sp³-hybridized carbons (Fsp3) is 0.923. The molecule has 0 aliphatic heterocycles. The molecule has 0 saturated heterocycles. The van der Waals surface area contributed by atoms with Gasteiger partial charge in [0.25, 0.3) is 0 Å². The molecule has 100 valence electrons. The van der Waals surface area contributed by atoms with E-state index in [2.05, 4.69) is 13.8 Å². The third-order valence-electron chi connectivity index (χ3n) is 2.91. The van der Waals surface area contributed by atoms with Gasteiger partial charge in [0.05, 0.1) is 0 Å². The van der Waals surface area contributed by atoms with Crippen LogP contribution in [0.1, 0.15) is 47.5 Å². The third-order valence-corrected chi connectivity index (χ3v) is 2.91. The van der Waals surface area contributed by atoms with Gasteiger partial charge in [-0.2, -0.15) is 0 Å². The molecular weight excluding hydrogens is 216 g/mol. The highest BCUT2D eigenvalue weighted by Gasteiger charge is 2.40. The molecule has 0 aromatic heterocycles. The normalized spacial score (nSPS) is 18.1. The molecule has 1 fully saturated rings. The predicted octanol–water partition coefficient (Wildman–Crippen LogP) is 2.37. The molecule has 0 spiro atoms. The fourth-order valence-corrected chi connectivity index (χ4v) is 1.93. The highest BCUT2D eigenvalue weighted by atomic mass is 16.6. The van der Waals surface area contributed by atoms with Crippen LogP contribution in [0.25, 0.3) is 0 Å². The summed E-state index contributed by atoms with van der Waals surface area (Å²) in [5, 5.41) is 0. The Morgan fingerprint density at radius 3 is 2.24 bits per heavy atom. The van der Waals surface area contributed by atoms with Gasteiger partial charge in [0.2, 0.25) is 0 Å². The summed E-state index contributed by atoms with van der Waals surface area (Å²) in [6, 6.07) is 0.415. The average molecular weight is 242 g/mol. The second-order valence-corrected chi connectivity index (χ2v) is 6.17. The van der Waals surface area contributed by atoms with Gasteiger partial charge in [-0.15, -0.1) is 0 Å². The average Bonchev–Trinajstić information content (AvgIpc) is 2.93. The Morgan fingerprint density at radius 2 is 1.94 bits per heavy atom. The summed E-state index contributed by atoms with van der Waals surface area (Å²) < 4.78 is 5.47. The Morgan fingerprint density at radius 1 is 1.41 bits per heavy atom. The van der Waals surface area contributed by atoms with Crippen LogP contribution < -0.4 is 5.73 Å². The van der Waals surface area contributed by atoms with Crippen LogP contribution in [0, 0.1) is 5.92 Å². The van der Waals surface area contributed by atoms with Crippen molar-refractivity contribution in [1.82, 2.24) is 4.90 Å². The largest absolute Gasteiger partial charge is 0.444 e. The number of rotatable bonds is 4. The molecule has 1 unspecified atom stereocenters. The lowest BCUT2D eigenvalue weighted by atomic mass is 10.0. The molecule has 0 heterocycles. The number of amides is 1. The Kier molecular flexibility index (Phi) is 4.42. The molecule has 1 atom stereocenters. The minimum atomic E-state index is -0.444. The first kappa shape index (κ1) is 14.3. The zero-order valence-corrected chi connectivity index (χ0v) is 11.7. The van der Waals surface area contributed by atoms with Crippen LogP contribution in [0.15, 0.2) is 0 Å². The molecule has 0 aromatic rings. The summed E-state index contributed by atoms with van der Waals surface area (Å²) in [6.45, 7) is 10.4. The summed E-state index contributed by atoms with van der Waals surface area (Å²) in [7, 11) is 0. The van der Waals surface area contributed by atoms with E-state index in [1.165, 1.54) is 0 Å². The quantitative estimate of drug-likeness (QED) is 0.823. The van der Waals surface area contributed by atoms with E-state index in [0.717, 1.165) is 12.8 Å². The van der Waals surface area contributed by atoms with E-state index in [4.69, 9.17) is 10.5 Å². The summed E-state index contributed by atoms with van der Waals surface area (Å²) in [4.78, 5) is 14.1. The predicted molar refractivity (Wildman–Crippen MR) is 68.8 cm³/mol. The number of carbonyl (C=O) groups is 1. The molecular formula is C13H26N2O2. The van der Waals surface area contributed by atoms with E-state index in [-0.39, 0.29) is 12.1 Å². The van der Waals surface area contributed by atoms with Crippen molar-refractivity contribution in [3.8, 4) is 0 Å². The highest BCUT2D eigenvalue weighted by Crippen LogP contribution is 2.31. The van der Waals surface area contributed by atoms with E-state index in [1.54, 1.807) is 0 Å². The van der Waals surface area contributed by atoms with Crippen LogP contribution in [0.4, 0.5) is 4.79 Å². The number of nitrogens with two attached hydrogens (primary N) is 1. The van der Waals surface area contributed by atoms with Crippen molar-refractivity contribution < 1.29 is 9.53 Å². The monoisotopic (exact) mass is 242 g/mol. The number of nitrogens with zero attached hydrogens (tertiary/aromatic N) is 1. The van der Waals surface area contributed by atoms with Crippen molar-refractivity contribution in [1.29, 1.82) is 0 Å². The van der Waals surface area contributed by atoms with Crippen LogP contribution in [0.2, 0.25) is 0 Å². The SMILES string of the molecule is CC(C)C(CN)N(C(=O)OC(C)(C)C)C1CC1. The van der Waals surface area contributed by atoms with Crippen molar-refractivity contribution in [2.75, 3.05) is 6.54 Å². The third kappa shape index (κ3) is 4.19. The Labute approximate surface area is 104 Å². The van der Waals surface area contributed by atoms with Gasteiger partial charge in [-0.3, -0.25) is 0 Å². The van der Waals surface area contributed by atoms with Crippen LogP contribution in [-0.2, 0) is 4.74 Å². The second-order valence-electron chi connectivity index (χ2n) is 6.17. The molecule has 0 aromatic carbocycles. The van der Waals surface area contributed by atoms with E-state index < -0.39 is 5.60 Å². The van der Waals surface area contributed by atoms with Crippen molar-refractivity contribution >= 4 is 6.09 Å². The number of carbonyl (C=O) groups excluding carboxylic acids is 1. The Balaban J connectivity index is 2.74. The van der Waals surface area contributed by atoms with Crippen LogP contribution in [0.5, 0.6) is 0 Å². The minimum Gasteiger partial charge on any atom is -0.444 e. The highest BCUT2D eigenvalue weighted by molar-refractivity contribution is 5.69. The van der Waals surface area contributed by atoms with Gasteiger partial charge in [0.15, 0.2) is 0 Å². The lowest BCUT2D eigenvalue weighted by Gasteiger charge is -2.35. The first-order chi connectivity index (χ1) is 7.76. The number of hydrogen-bond donors (Lipinski definition) is 1. The maximum atomic E-state index is 12.2. The van der Waals surface area contributed by atoms with E-state index in [0.29, 0.717) is 18.5 Å². The lowest BCUT2D eigenvalue weighted by molar-refractivity contribution is 0.00979. The minimum absolute atomic E-state index is 0.0809. The molecule has 0 radical (unpaired) electrons. The summed E-state index contributed by atoms with van der Waals surface area (Å²) in [5.41, 5.74) is 5.35. The van der Waals surface area contributed by atoms with E-state index >= 15 is 0 Å². The second kappa shape index (κ2) is 5.25. The van der Waals surface area contributed by atoms with Crippen molar-refractivity contribution in [3.63, 3.8) is 0 Å². The van der Waals surface area contributed by atoms with Crippen molar-refractivity contribution in [2.45, 2.75) is 65.1 Å². The molecule has 1 amide bonds. The zero-order valence-electron chi connectivity index (χ0n) is 11.7. The zero-order chi connectivity index (χ0) is 13.2. The Hall–Kier alpha value is -0.770. The molecule has 1 aliphatic carbocycles. The van der Waals surface area contributed by atoms with Crippen molar-refractivity contribution in [2.24, 2.45) is 11.7 Å². The number of hydrogen-bond acceptors (Lipinski definition) is 3. The Bertz CT molecular complexity index is 267. The van der Waals surface area contributed by atoms with Gasteiger partial charge in [-0.1, -0.05) is 13.8 Å². The first-order valence-corrected chi connectivity index (χ1v) is 6.47. The first-order valence-electron chi connectivity index (χ1n) is 6.47. The molecule has 0 bridgehead atoms. The van der Waals surface area contributed by atoms with Crippen molar-refractivity contribution in [3.05, 3.63) is 0 Å². The van der Waals surface area contributed by atoms with Gasteiger partial charge < -0.3 is 15.4 Å². The summed E-state index contributed by atoms with van der Waals surface area (Å²) in [6.07, 6.45) is 1.93. The summed E-state index contributed by atoms with van der Waals surface area (Å²) >= 11 is 0. The molecule has 1 saturated carbocycles. The molecule has 4 nitrogen and oxygen atoms in total. The molecule has 2 N–H and O–H groups in total. The number of ether oxygens (including phenoxy) is 1. The van der Waals surface area contributed by atoms with Crippen LogP contribution in [0.3, 0.4) is 0 Å². The maximum absolute atomic E-state index is 12.2. The standard InChI is InChI=1S/C13H26N2O2/c1-9(2)11(8-14)15(10-6-7-10)12(16)17-13(3,4)5/h9-11H,6-8,14H2,1-5H3. The van der Waals surface area contributed by atoms with Gasteiger partial charge in [0, 0.05) is 18.6 Å². The molecule has 1 aliphatic rings. The lowest BCUT2D eigenvalue weighted by Crippen LogP contribution is -2.50.